The van der Waals surface area contributed by atoms with Crippen LogP contribution in [0.4, 0.5) is 0 Å². The quantitative estimate of drug-likeness (QED) is 0.482. The lowest BCUT2D eigenvalue weighted by Gasteiger charge is -2.14. The van der Waals surface area contributed by atoms with Crippen LogP contribution in [0.3, 0.4) is 0 Å². The van der Waals surface area contributed by atoms with E-state index < -0.39 is 0 Å². The molecule has 21 heavy (non-hydrogen) atoms. The molecular weight excluding hydrogens is 262 g/mol. The molecule has 0 saturated carbocycles. The summed E-state index contributed by atoms with van der Waals surface area (Å²) in [7, 11) is 0. The zero-order valence-electron chi connectivity index (χ0n) is 13.5. The summed E-state index contributed by atoms with van der Waals surface area (Å²) >= 11 is 0. The van der Waals surface area contributed by atoms with Crippen molar-refractivity contribution in [2.24, 2.45) is 0 Å². The fourth-order valence-corrected chi connectivity index (χ4v) is 2.60. The topological polar surface area (TPSA) is 38.3 Å². The van der Waals surface area contributed by atoms with Gasteiger partial charge in [0.05, 0.1) is 5.57 Å². The molecule has 0 radical (unpaired) electrons. The minimum absolute atomic E-state index is 0.0537. The van der Waals surface area contributed by atoms with E-state index in [9.17, 15) is 4.79 Å². The predicted molar refractivity (Wildman–Crippen MR) is 87.9 cm³/mol. The Bertz CT molecular complexity index is 409. The summed E-state index contributed by atoms with van der Waals surface area (Å²) in [6, 6.07) is 0. The van der Waals surface area contributed by atoms with Gasteiger partial charge in [0.1, 0.15) is 11.9 Å². The van der Waals surface area contributed by atoms with E-state index in [0.29, 0.717) is 12.3 Å². The van der Waals surface area contributed by atoms with Gasteiger partial charge in [0.25, 0.3) is 5.91 Å². The van der Waals surface area contributed by atoms with Crippen LogP contribution in [-0.4, -0.2) is 18.6 Å². The third-order valence-corrected chi connectivity index (χ3v) is 3.90. The van der Waals surface area contributed by atoms with E-state index in [1.807, 2.05) is 6.92 Å². The molecule has 3 nitrogen and oxygen atoms in total. The highest BCUT2D eigenvalue weighted by Crippen LogP contribution is 2.32. The third-order valence-electron chi connectivity index (χ3n) is 3.90. The fraction of sp³-hybridized carbons (Fsp3) is 0.611. The van der Waals surface area contributed by atoms with Gasteiger partial charge in [-0.05, 0) is 19.8 Å². The lowest BCUT2D eigenvalue weighted by molar-refractivity contribution is -0.118. The lowest BCUT2D eigenvalue weighted by Crippen LogP contribution is -2.29. The maximum Gasteiger partial charge on any atom is 0.251 e. The van der Waals surface area contributed by atoms with Crippen molar-refractivity contribution in [2.45, 2.75) is 64.9 Å². The predicted octanol–water partition coefficient (Wildman–Crippen LogP) is 4.27. The molecule has 0 unspecified atom stereocenters. The minimum Gasteiger partial charge on any atom is -0.486 e. The molecule has 1 heterocycles. The smallest absolute Gasteiger partial charge is 0.251 e. The second-order valence-corrected chi connectivity index (χ2v) is 5.62. The Balaban J connectivity index is 2.47. The fourth-order valence-electron chi connectivity index (χ4n) is 2.60. The molecule has 3 heteroatoms. The molecule has 1 N–H and O–H groups in total. The van der Waals surface area contributed by atoms with Crippen LogP contribution in [0.15, 0.2) is 36.1 Å². The molecule has 0 aliphatic carbocycles. The second-order valence-electron chi connectivity index (χ2n) is 5.62. The molecule has 0 fully saturated rings. The van der Waals surface area contributed by atoms with E-state index >= 15 is 0 Å². The van der Waals surface area contributed by atoms with Gasteiger partial charge < -0.3 is 10.1 Å². The summed E-state index contributed by atoms with van der Waals surface area (Å²) in [6.07, 6.45) is 9.87. The number of allylic oxidation sites excluding steroid dienone is 1. The first-order chi connectivity index (χ1) is 10.1. The molecule has 1 rings (SSSR count). The Hall–Kier alpha value is -1.51. The van der Waals surface area contributed by atoms with E-state index in [-0.39, 0.29) is 12.0 Å². The molecule has 1 atom stereocenters. The normalized spacial score (nSPS) is 17.8. The van der Waals surface area contributed by atoms with Gasteiger partial charge >= 0.3 is 0 Å². The lowest BCUT2D eigenvalue weighted by atomic mass is 9.99. The zero-order valence-corrected chi connectivity index (χ0v) is 13.5. The van der Waals surface area contributed by atoms with Gasteiger partial charge in [0, 0.05) is 12.1 Å². The second kappa shape index (κ2) is 9.43. The Kier molecular flexibility index (Phi) is 7.88. The number of unbranched alkanes of at least 4 members (excludes halogenated alkanes) is 5. The van der Waals surface area contributed by atoms with E-state index in [0.717, 1.165) is 24.0 Å². The van der Waals surface area contributed by atoms with Gasteiger partial charge in [-0.15, -0.1) is 6.58 Å². The van der Waals surface area contributed by atoms with Gasteiger partial charge in [0.2, 0.25) is 0 Å². The monoisotopic (exact) mass is 291 g/mol. The molecule has 0 aromatic rings. The molecular formula is C18H29NO2. The molecule has 0 aromatic carbocycles. The summed E-state index contributed by atoms with van der Waals surface area (Å²) in [5, 5.41) is 2.84. The number of amides is 1. The largest absolute Gasteiger partial charge is 0.486 e. The number of rotatable bonds is 10. The number of ether oxygens (including phenoxy) is 1. The number of hydrogen-bond acceptors (Lipinski definition) is 2. The number of nitrogens with one attached hydrogen (secondary N) is 1. The van der Waals surface area contributed by atoms with Gasteiger partial charge in [-0.1, -0.05) is 51.7 Å². The zero-order chi connectivity index (χ0) is 15.7. The van der Waals surface area contributed by atoms with Crippen LogP contribution < -0.4 is 5.32 Å². The van der Waals surface area contributed by atoms with Crippen LogP contribution in [0.5, 0.6) is 0 Å². The molecule has 0 spiro atoms. The highest BCUT2D eigenvalue weighted by Gasteiger charge is 2.31. The van der Waals surface area contributed by atoms with Crippen molar-refractivity contribution in [1.29, 1.82) is 0 Å². The number of carbonyl (C=O) groups excluding carboxylic acids is 1. The molecule has 1 amide bonds. The summed E-state index contributed by atoms with van der Waals surface area (Å²) in [6.45, 7) is 12.1. The first-order valence-electron chi connectivity index (χ1n) is 8.07. The molecule has 1 aliphatic heterocycles. The van der Waals surface area contributed by atoms with Crippen LogP contribution in [0.2, 0.25) is 0 Å². The SMILES string of the molecule is C=CCNC(=O)C1=C(C)C(=C)O[C@@H]1CCCCCCCC. The molecule has 0 bridgehead atoms. The van der Waals surface area contributed by atoms with Crippen molar-refractivity contribution >= 4 is 5.91 Å². The van der Waals surface area contributed by atoms with E-state index in [2.05, 4.69) is 25.4 Å². The van der Waals surface area contributed by atoms with Crippen molar-refractivity contribution < 1.29 is 9.53 Å². The van der Waals surface area contributed by atoms with Gasteiger partial charge in [0.15, 0.2) is 0 Å². The van der Waals surface area contributed by atoms with Crippen LogP contribution in [0, 0.1) is 0 Å². The molecule has 118 valence electrons. The van der Waals surface area contributed by atoms with Crippen molar-refractivity contribution in [3.63, 3.8) is 0 Å². The summed E-state index contributed by atoms with van der Waals surface area (Å²) in [4.78, 5) is 12.2. The van der Waals surface area contributed by atoms with Crippen LogP contribution in [0.1, 0.15) is 58.8 Å². The average molecular weight is 291 g/mol. The van der Waals surface area contributed by atoms with Crippen LogP contribution >= 0.6 is 0 Å². The third kappa shape index (κ3) is 5.41. The van der Waals surface area contributed by atoms with Gasteiger partial charge in [-0.3, -0.25) is 4.79 Å². The molecule has 0 aromatic heterocycles. The van der Waals surface area contributed by atoms with Gasteiger partial charge in [-0.25, -0.2) is 0 Å². The average Bonchev–Trinajstić information content (AvgIpc) is 2.75. The summed E-state index contributed by atoms with van der Waals surface area (Å²) in [5.41, 5.74) is 1.63. The summed E-state index contributed by atoms with van der Waals surface area (Å²) in [5.74, 6) is 0.580. The van der Waals surface area contributed by atoms with Crippen molar-refractivity contribution in [1.82, 2.24) is 5.32 Å². The highest BCUT2D eigenvalue weighted by atomic mass is 16.5. The van der Waals surface area contributed by atoms with Crippen molar-refractivity contribution in [3.05, 3.63) is 36.1 Å². The van der Waals surface area contributed by atoms with Crippen molar-refractivity contribution in [2.75, 3.05) is 6.54 Å². The highest BCUT2D eigenvalue weighted by molar-refractivity contribution is 5.96. The Morgan fingerprint density at radius 1 is 1.29 bits per heavy atom. The maximum absolute atomic E-state index is 12.2. The standard InChI is InChI=1S/C18H29NO2/c1-5-7-8-9-10-11-12-16-17(14(3)15(4)21-16)18(20)19-13-6-2/h6,16H,2,4-5,7-13H2,1,3H3,(H,19,20)/t16-/m1/s1. The molecule has 1 aliphatic rings. The van der Waals surface area contributed by atoms with Crippen LogP contribution in [0.25, 0.3) is 0 Å². The van der Waals surface area contributed by atoms with E-state index in [1.165, 1.54) is 32.1 Å². The first kappa shape index (κ1) is 17.5. The number of hydrogen-bond donors (Lipinski definition) is 1. The molecule has 0 saturated heterocycles. The van der Waals surface area contributed by atoms with E-state index in [4.69, 9.17) is 4.74 Å². The van der Waals surface area contributed by atoms with Crippen molar-refractivity contribution in [3.8, 4) is 0 Å². The van der Waals surface area contributed by atoms with Crippen LogP contribution in [-0.2, 0) is 9.53 Å². The van der Waals surface area contributed by atoms with E-state index in [1.54, 1.807) is 6.08 Å². The Morgan fingerprint density at radius 3 is 2.62 bits per heavy atom. The maximum atomic E-state index is 12.2. The Morgan fingerprint density at radius 2 is 1.95 bits per heavy atom. The minimum atomic E-state index is -0.131. The Labute approximate surface area is 129 Å². The summed E-state index contributed by atoms with van der Waals surface area (Å²) < 4.78 is 5.76. The van der Waals surface area contributed by atoms with Gasteiger partial charge in [-0.2, -0.15) is 0 Å². The first-order valence-corrected chi connectivity index (χ1v) is 8.07. The number of carbonyl (C=O) groups is 1.